The summed E-state index contributed by atoms with van der Waals surface area (Å²) in [5, 5.41) is 6.28. The van der Waals surface area contributed by atoms with Crippen LogP contribution in [-0.4, -0.2) is 31.8 Å². The molecular formula is C26H32N6O3S2. The highest BCUT2D eigenvalue weighted by molar-refractivity contribution is 8.00. The number of nitrogens with one attached hydrogen (secondary N) is 3. The van der Waals surface area contributed by atoms with Gasteiger partial charge in [0.25, 0.3) is 0 Å². The molecule has 4 aromatic rings. The van der Waals surface area contributed by atoms with Crippen molar-refractivity contribution in [3.05, 3.63) is 48.3 Å². The van der Waals surface area contributed by atoms with E-state index in [9.17, 15) is 9.59 Å². The predicted molar refractivity (Wildman–Crippen MR) is 148 cm³/mol. The van der Waals surface area contributed by atoms with Crippen LogP contribution in [0.1, 0.15) is 70.9 Å². The largest absolute Gasteiger partial charge is 0.444 e. The maximum absolute atomic E-state index is 12.3. The number of thioether (sulfide) groups is 1. The number of anilines is 2. The lowest BCUT2D eigenvalue weighted by molar-refractivity contribution is -0.117. The second kappa shape index (κ2) is 12.4. The maximum Gasteiger partial charge on any atom is 0.226 e. The van der Waals surface area contributed by atoms with Crippen molar-refractivity contribution in [1.82, 2.24) is 19.9 Å². The fourth-order valence-corrected chi connectivity index (χ4v) is 5.30. The number of rotatable bonds is 12. The molecule has 0 saturated carbocycles. The van der Waals surface area contributed by atoms with Crippen LogP contribution in [0.2, 0.25) is 0 Å². The average Bonchev–Trinajstić information content (AvgIpc) is 3.59. The Balaban J connectivity index is 1.07. The molecule has 3 aromatic heterocycles. The number of unbranched alkanes of at least 4 members (excludes halogenated alkanes) is 3. The topological polar surface area (TPSA) is 126 Å². The molecule has 3 N–H and O–H groups in total. The molecule has 0 fully saturated rings. The fraction of sp³-hybridized carbons (Fsp3) is 0.423. The number of amides is 2. The highest BCUT2D eigenvalue weighted by Crippen LogP contribution is 2.32. The number of nitrogens with zero attached hydrogens (tertiary/aromatic N) is 3. The van der Waals surface area contributed by atoms with Gasteiger partial charge in [0.1, 0.15) is 5.76 Å². The van der Waals surface area contributed by atoms with Gasteiger partial charge >= 0.3 is 0 Å². The second-order valence-electron chi connectivity index (χ2n) is 9.75. The predicted octanol–water partition coefficient (Wildman–Crippen LogP) is 6.52. The zero-order valence-corrected chi connectivity index (χ0v) is 22.9. The summed E-state index contributed by atoms with van der Waals surface area (Å²) in [6, 6.07) is 7.64. The number of fused-ring (bicyclic) bond motifs is 1. The molecule has 9 nitrogen and oxygen atoms in total. The molecule has 11 heteroatoms. The molecule has 0 aliphatic rings. The standard InChI is InChI=1S/C26H32N6O3S2/c1-26(2,3)19-14-27-22(35-19)16-36-23-15-28-25(37-23)32-21(34)13-7-5-4-6-12-20(33)31-24-29-17-10-8-9-11-18(17)30-24/h8-11,14-15H,4-7,12-13,16H2,1-3H3,(H,28,32,34)(H2,29,30,31,33). The normalized spacial score (nSPS) is 11.6. The van der Waals surface area contributed by atoms with Gasteiger partial charge in [-0.3, -0.25) is 14.9 Å². The van der Waals surface area contributed by atoms with E-state index >= 15 is 0 Å². The number of aromatic nitrogens is 4. The minimum atomic E-state index is -0.0667. The molecule has 1 aromatic carbocycles. The van der Waals surface area contributed by atoms with E-state index in [1.807, 2.05) is 24.3 Å². The van der Waals surface area contributed by atoms with E-state index in [1.54, 1.807) is 24.2 Å². The van der Waals surface area contributed by atoms with Crippen LogP contribution in [0.15, 0.2) is 45.3 Å². The first-order valence-corrected chi connectivity index (χ1v) is 14.1. The maximum atomic E-state index is 12.3. The third-order valence-electron chi connectivity index (χ3n) is 5.57. The van der Waals surface area contributed by atoms with E-state index in [2.05, 4.69) is 51.3 Å². The molecule has 0 aliphatic carbocycles. The highest BCUT2D eigenvalue weighted by atomic mass is 32.2. The first kappa shape index (κ1) is 26.9. The molecule has 196 valence electrons. The number of hydrogen-bond donors (Lipinski definition) is 3. The van der Waals surface area contributed by atoms with E-state index < -0.39 is 0 Å². The van der Waals surface area contributed by atoms with Gasteiger partial charge in [-0.2, -0.15) is 0 Å². The van der Waals surface area contributed by atoms with E-state index in [4.69, 9.17) is 4.42 Å². The van der Waals surface area contributed by atoms with Crippen molar-refractivity contribution in [2.75, 3.05) is 10.6 Å². The second-order valence-corrected chi connectivity index (χ2v) is 12.1. The van der Waals surface area contributed by atoms with Crippen LogP contribution in [0.4, 0.5) is 11.1 Å². The summed E-state index contributed by atoms with van der Waals surface area (Å²) >= 11 is 3.03. The van der Waals surface area contributed by atoms with Gasteiger partial charge in [-0.1, -0.05) is 57.1 Å². The number of oxazole rings is 1. The van der Waals surface area contributed by atoms with Crippen LogP contribution >= 0.6 is 23.1 Å². The molecule has 0 atom stereocenters. The van der Waals surface area contributed by atoms with Crippen LogP contribution in [0, 0.1) is 0 Å². The molecule has 2 amide bonds. The van der Waals surface area contributed by atoms with Crippen molar-refractivity contribution < 1.29 is 14.0 Å². The number of hydrogen-bond acceptors (Lipinski definition) is 8. The van der Waals surface area contributed by atoms with E-state index in [1.165, 1.54) is 11.3 Å². The summed E-state index contributed by atoms with van der Waals surface area (Å²) in [7, 11) is 0. The summed E-state index contributed by atoms with van der Waals surface area (Å²) < 4.78 is 6.81. The first-order valence-electron chi connectivity index (χ1n) is 12.3. The summed E-state index contributed by atoms with van der Waals surface area (Å²) in [5.74, 6) is 2.52. The van der Waals surface area contributed by atoms with Crippen molar-refractivity contribution in [2.24, 2.45) is 0 Å². The van der Waals surface area contributed by atoms with Crippen LogP contribution in [0.3, 0.4) is 0 Å². The minimum Gasteiger partial charge on any atom is -0.444 e. The summed E-state index contributed by atoms with van der Waals surface area (Å²) in [5.41, 5.74) is 1.65. The lowest BCUT2D eigenvalue weighted by Crippen LogP contribution is -2.12. The van der Waals surface area contributed by atoms with Crippen LogP contribution in [0.5, 0.6) is 0 Å². The van der Waals surface area contributed by atoms with E-state index in [-0.39, 0.29) is 17.2 Å². The number of carbonyl (C=O) groups is 2. The van der Waals surface area contributed by atoms with Gasteiger partial charge in [-0.05, 0) is 25.0 Å². The van der Waals surface area contributed by atoms with E-state index in [0.29, 0.717) is 35.6 Å². The number of benzene rings is 1. The number of para-hydroxylation sites is 2. The van der Waals surface area contributed by atoms with Crippen LogP contribution in [0.25, 0.3) is 11.0 Å². The first-order chi connectivity index (χ1) is 17.8. The molecule has 4 rings (SSSR count). The lowest BCUT2D eigenvalue weighted by atomic mass is 9.94. The Labute approximate surface area is 224 Å². The van der Waals surface area contributed by atoms with Gasteiger partial charge in [0.2, 0.25) is 23.7 Å². The molecule has 0 saturated heterocycles. The molecule has 37 heavy (non-hydrogen) atoms. The van der Waals surface area contributed by atoms with Crippen molar-refractivity contribution in [2.45, 2.75) is 74.7 Å². The Morgan fingerprint density at radius 3 is 2.43 bits per heavy atom. The Morgan fingerprint density at radius 2 is 1.73 bits per heavy atom. The summed E-state index contributed by atoms with van der Waals surface area (Å²) in [6.45, 7) is 6.27. The molecule has 0 unspecified atom stereocenters. The summed E-state index contributed by atoms with van der Waals surface area (Å²) in [6.07, 6.45) is 7.70. The van der Waals surface area contributed by atoms with Crippen molar-refractivity contribution >= 4 is 57.0 Å². The van der Waals surface area contributed by atoms with Gasteiger partial charge < -0.3 is 14.7 Å². The lowest BCUT2D eigenvalue weighted by Gasteiger charge is -2.12. The van der Waals surface area contributed by atoms with Crippen molar-refractivity contribution in [3.63, 3.8) is 0 Å². The Bertz CT molecular complexity index is 1300. The third-order valence-corrected chi connectivity index (χ3v) is 7.66. The van der Waals surface area contributed by atoms with Crippen LogP contribution in [-0.2, 0) is 20.8 Å². The van der Waals surface area contributed by atoms with Gasteiger partial charge in [-0.25, -0.2) is 15.0 Å². The van der Waals surface area contributed by atoms with Gasteiger partial charge in [0, 0.05) is 18.3 Å². The number of carbonyl (C=O) groups excluding carboxylic acids is 2. The molecule has 0 bridgehead atoms. The molecular weight excluding hydrogens is 508 g/mol. The fourth-order valence-electron chi connectivity index (χ4n) is 3.55. The van der Waals surface area contributed by atoms with Gasteiger partial charge in [-0.15, -0.1) is 11.8 Å². The third kappa shape index (κ3) is 8.16. The SMILES string of the molecule is CC(C)(C)c1cnc(CSc2cnc(NC(=O)CCCCCCC(=O)Nc3nc4ccccc4[nH]3)s2)o1. The van der Waals surface area contributed by atoms with Gasteiger partial charge in [0.05, 0.1) is 33.4 Å². The zero-order valence-electron chi connectivity index (χ0n) is 21.3. The quantitative estimate of drug-likeness (QED) is 0.138. The Morgan fingerprint density at radius 1 is 1.00 bits per heavy atom. The monoisotopic (exact) mass is 540 g/mol. The number of H-pyrrole nitrogens is 1. The number of imidazole rings is 1. The Hall–Kier alpha value is -3.18. The zero-order chi connectivity index (χ0) is 26.3. The average molecular weight is 541 g/mol. The molecule has 0 aliphatic heterocycles. The highest BCUT2D eigenvalue weighted by Gasteiger charge is 2.19. The smallest absolute Gasteiger partial charge is 0.226 e. The van der Waals surface area contributed by atoms with E-state index in [0.717, 1.165) is 46.7 Å². The van der Waals surface area contributed by atoms with Crippen LogP contribution < -0.4 is 10.6 Å². The Kier molecular flexibility index (Phi) is 8.99. The van der Waals surface area contributed by atoms with Gasteiger partial charge in [0.15, 0.2) is 5.13 Å². The molecule has 3 heterocycles. The van der Waals surface area contributed by atoms with Crippen molar-refractivity contribution in [3.8, 4) is 0 Å². The molecule has 0 radical (unpaired) electrons. The van der Waals surface area contributed by atoms with Crippen molar-refractivity contribution in [1.29, 1.82) is 0 Å². The number of aromatic amines is 1. The number of thiazole rings is 1. The molecule has 0 spiro atoms. The summed E-state index contributed by atoms with van der Waals surface area (Å²) in [4.78, 5) is 40.5. The minimum absolute atomic E-state index is 0.0453.